The van der Waals surface area contributed by atoms with Gasteiger partial charge in [0.2, 0.25) is 5.69 Å². The largest absolute Gasteiger partial charge is 0.339 e. The van der Waals surface area contributed by atoms with Crippen molar-refractivity contribution < 1.29 is 24.3 Å². The lowest BCUT2D eigenvalue weighted by Crippen LogP contribution is -2.36. The molecule has 0 fully saturated rings. The van der Waals surface area contributed by atoms with E-state index in [-0.39, 0.29) is 66.1 Å². The number of rotatable bonds is 22. The molecule has 15 heteroatoms. The van der Waals surface area contributed by atoms with Gasteiger partial charge in [0, 0.05) is 124 Å². The third kappa shape index (κ3) is 12.6. The molecule has 3 aliphatic rings. The molecule has 0 radical (unpaired) electrons. The lowest BCUT2D eigenvalue weighted by molar-refractivity contribution is -0.401. The minimum atomic E-state index is -0.830. The second-order valence-electron chi connectivity index (χ2n) is 32.4. The fraction of sp³-hybridized carbons (Fsp3) is 0.198. The molecule has 16 rings (SSSR count). The molecular weight excluding hydrogens is 1440 g/mol. The van der Waals surface area contributed by atoms with Crippen molar-refractivity contribution in [3.05, 3.63) is 429 Å². The van der Waals surface area contributed by atoms with E-state index in [9.17, 15) is 40.5 Å². The Bertz CT molecular complexity index is 6380. The molecule has 0 saturated heterocycles. The van der Waals surface area contributed by atoms with Gasteiger partial charge in [-0.05, 0) is 204 Å². The summed E-state index contributed by atoms with van der Waals surface area (Å²) in [5.41, 5.74) is 14.6. The Morgan fingerprint density at radius 1 is 0.440 bits per heavy atom. The highest BCUT2D eigenvalue weighted by Gasteiger charge is 2.54. The molecule has 15 nitrogen and oxygen atoms in total. The van der Waals surface area contributed by atoms with E-state index in [1.807, 2.05) is 72.8 Å². The number of aryl methyl sites for hydroxylation is 1. The highest BCUT2D eigenvalue weighted by atomic mass is 16.6. The number of non-ortho nitro benzene ring substituents is 4. The Labute approximate surface area is 675 Å². The van der Waals surface area contributed by atoms with Crippen molar-refractivity contribution in [2.75, 3.05) is 16.8 Å². The number of hydrogen-bond acceptors (Lipinski definition) is 10. The summed E-state index contributed by atoms with van der Waals surface area (Å²) in [5.74, 6) is -0.657. The average molecular weight is 1530 g/mol. The number of nitro benzene ring substituents is 4. The van der Waals surface area contributed by atoms with Crippen LogP contribution in [0, 0.1) is 47.4 Å². The predicted octanol–water partition coefficient (Wildman–Crippen LogP) is 25.1. The van der Waals surface area contributed by atoms with Gasteiger partial charge in [0.15, 0.2) is 5.71 Å². The van der Waals surface area contributed by atoms with Gasteiger partial charge in [0.1, 0.15) is 7.05 Å². The monoisotopic (exact) mass is 1530 g/mol. The van der Waals surface area contributed by atoms with Crippen LogP contribution in [0.1, 0.15) is 140 Å². The van der Waals surface area contributed by atoms with Gasteiger partial charge in [-0.2, -0.15) is 4.58 Å². The molecule has 0 spiro atoms. The van der Waals surface area contributed by atoms with Crippen molar-refractivity contribution in [3.63, 3.8) is 0 Å². The summed E-state index contributed by atoms with van der Waals surface area (Å²) in [7, 11) is 2.08. The average Bonchev–Trinajstić information content (AvgIpc) is 1.56. The maximum Gasteiger partial charge on any atom is 0.270 e. The topological polar surface area (TPSA) is 182 Å². The Kier molecular flexibility index (Phi) is 19.6. The fourth-order valence-corrected chi connectivity index (χ4v) is 19.7. The van der Waals surface area contributed by atoms with Crippen LogP contribution in [-0.4, -0.2) is 37.0 Å². The first-order valence-corrected chi connectivity index (χ1v) is 39.5. The second-order valence-corrected chi connectivity index (χ2v) is 32.4. The van der Waals surface area contributed by atoms with E-state index >= 15 is 0 Å². The van der Waals surface area contributed by atoms with E-state index in [1.165, 1.54) is 0 Å². The maximum atomic E-state index is 12.9. The summed E-state index contributed by atoms with van der Waals surface area (Å²) in [4.78, 5) is 54.3. The van der Waals surface area contributed by atoms with Crippen LogP contribution in [-0.2, 0) is 34.7 Å². The van der Waals surface area contributed by atoms with Gasteiger partial charge in [0.05, 0.1) is 25.1 Å². The number of hydrogen-bond donors (Lipinski definition) is 0. The zero-order valence-electron chi connectivity index (χ0n) is 66.7. The van der Waals surface area contributed by atoms with Crippen LogP contribution in [0.2, 0.25) is 0 Å². The molecule has 576 valence electrons. The minimum absolute atomic E-state index is 0.00263. The van der Waals surface area contributed by atoms with Gasteiger partial charge in [-0.15, -0.1) is 0 Å². The quantitative estimate of drug-likeness (QED) is 0.0274. The summed E-state index contributed by atoms with van der Waals surface area (Å²) >= 11 is 0. The van der Waals surface area contributed by atoms with Crippen molar-refractivity contribution >= 4 is 88.6 Å². The molecular formula is C101H90N7O8+. The summed E-state index contributed by atoms with van der Waals surface area (Å²) in [6.07, 6.45) is 13.0. The molecule has 0 aliphatic carbocycles. The van der Waals surface area contributed by atoms with Crippen molar-refractivity contribution in [2.24, 2.45) is 0 Å². The molecule has 13 aromatic rings. The van der Waals surface area contributed by atoms with Crippen molar-refractivity contribution in [2.45, 2.75) is 121 Å². The van der Waals surface area contributed by atoms with Crippen LogP contribution >= 0.6 is 0 Å². The summed E-state index contributed by atoms with van der Waals surface area (Å²) < 4.78 is 2.23. The Morgan fingerprint density at radius 3 is 1.20 bits per heavy atom. The number of allylic oxidation sites excluding steroid dienone is 9. The fourth-order valence-electron chi connectivity index (χ4n) is 19.7. The van der Waals surface area contributed by atoms with Gasteiger partial charge in [-0.3, -0.25) is 40.5 Å². The van der Waals surface area contributed by atoms with Crippen LogP contribution in [0.5, 0.6) is 0 Å². The molecule has 0 bridgehead atoms. The van der Waals surface area contributed by atoms with E-state index in [0.29, 0.717) is 13.1 Å². The summed E-state index contributed by atoms with van der Waals surface area (Å²) in [6.45, 7) is 25.7. The van der Waals surface area contributed by atoms with Crippen molar-refractivity contribution in [3.8, 4) is 0 Å². The first-order valence-electron chi connectivity index (χ1n) is 39.5. The Hall–Kier alpha value is -13.5. The highest BCUT2D eigenvalue weighted by molar-refractivity contribution is 6.09. The number of benzene rings is 13. The molecule has 0 saturated carbocycles. The van der Waals surface area contributed by atoms with E-state index in [0.717, 1.165) is 144 Å². The SMILES string of the molecule is C=C(/C=C/C=C1/N(Cc2ccc(CN3/C(=C/C=C/C4=[N+](C)c5ccc6ccc([N+](=O)[O-])cc6c5C4(C)C(C)c4ccccc4)C(C)(C(C)c4ccccc4)c4c3ccc3ccc([N+](=O)[O-])cc43)cc2)c2ccc3ccc([N+](=O)[O-])cc3c2C1(C)C(C)c1ccccc1)C(C)(c1c(C)ccc2ccc([N+](=O)[O-])cc12)C(C)c1ccccc1. The first-order chi connectivity index (χ1) is 55.8. The zero-order chi connectivity index (χ0) is 81.4. The molecule has 0 amide bonds. The summed E-state index contributed by atoms with van der Waals surface area (Å²) in [5, 5.41) is 57.6. The molecule has 3 aliphatic heterocycles. The molecule has 116 heavy (non-hydrogen) atoms. The minimum Gasteiger partial charge on any atom is -0.339 e. The normalized spacial score (nSPS) is 19.4. The number of nitro groups is 4. The maximum absolute atomic E-state index is 12.9. The van der Waals surface area contributed by atoms with Gasteiger partial charge in [-0.1, -0.05) is 229 Å². The predicted molar refractivity (Wildman–Crippen MR) is 469 cm³/mol. The lowest BCUT2D eigenvalue weighted by Gasteiger charge is -2.40. The lowest BCUT2D eigenvalue weighted by atomic mass is 9.63. The first kappa shape index (κ1) is 76.5. The van der Waals surface area contributed by atoms with Crippen molar-refractivity contribution in [1.29, 1.82) is 0 Å². The number of anilines is 2. The van der Waals surface area contributed by atoms with E-state index in [1.54, 1.807) is 48.5 Å². The van der Waals surface area contributed by atoms with Crippen LogP contribution in [0.3, 0.4) is 0 Å². The van der Waals surface area contributed by atoms with E-state index in [2.05, 4.69) is 266 Å². The smallest absolute Gasteiger partial charge is 0.270 e. The molecule has 8 unspecified atom stereocenters. The van der Waals surface area contributed by atoms with Crippen LogP contribution in [0.15, 0.2) is 327 Å². The molecule has 8 atom stereocenters. The third-order valence-corrected chi connectivity index (χ3v) is 26.7. The standard InChI is InChI=1S/C101H90N7O8/c1-64-38-43-76-44-51-80(105(109)110)58-84(76)94(64)98(7,66(3)72-27-16-12-17-28-72)65(2)26-24-36-92-100(9,68(5)74-31-20-14-21-32-74)96-86-60-82(107(113)114)53-46-78(86)49-56-89(96)103(92)62-70-39-41-71(42-40-70)63-104-90-57-50-79-47-54-83(108(115)116)61-87(79)97(90)101(10,69(6)75-33-22-15-23-34-75)93(104)37-25-35-91-99(8,67(4)73-29-18-13-19-30-73)95-85-59-81(106(111)112)52-45-77(85)48-55-88(95)102(91)11/h12-61,66-69H,2,62-63H2,1,3-11H3/q+1/b26-24+,92-36+. The van der Waals surface area contributed by atoms with Gasteiger partial charge >= 0.3 is 0 Å². The number of nitrogens with zero attached hydrogens (tertiary/aromatic N) is 7. The van der Waals surface area contributed by atoms with Gasteiger partial charge < -0.3 is 9.80 Å². The van der Waals surface area contributed by atoms with Gasteiger partial charge in [-0.25, -0.2) is 0 Å². The van der Waals surface area contributed by atoms with Crippen LogP contribution in [0.4, 0.5) is 39.8 Å². The molecule has 0 aromatic heterocycles. The van der Waals surface area contributed by atoms with Crippen molar-refractivity contribution in [1.82, 2.24) is 0 Å². The van der Waals surface area contributed by atoms with Crippen LogP contribution < -0.4 is 9.80 Å². The third-order valence-electron chi connectivity index (χ3n) is 26.7. The number of fused-ring (bicyclic) bond motifs is 10. The highest BCUT2D eigenvalue weighted by Crippen LogP contribution is 2.61. The second kappa shape index (κ2) is 29.8. The molecule has 0 N–H and O–H groups in total. The Balaban J connectivity index is 0.839. The summed E-state index contributed by atoms with van der Waals surface area (Å²) in [6, 6.07) is 87.6. The van der Waals surface area contributed by atoms with Gasteiger partial charge in [0.25, 0.3) is 22.7 Å². The van der Waals surface area contributed by atoms with Crippen LogP contribution in [0.25, 0.3) is 43.1 Å². The van der Waals surface area contributed by atoms with E-state index in [4.69, 9.17) is 6.58 Å². The zero-order valence-corrected chi connectivity index (χ0v) is 66.7. The van der Waals surface area contributed by atoms with E-state index < -0.39 is 21.7 Å². The Morgan fingerprint density at radius 2 is 0.784 bits per heavy atom. The molecule has 13 aromatic carbocycles. The molecule has 3 heterocycles.